The summed E-state index contributed by atoms with van der Waals surface area (Å²) in [5.41, 5.74) is -0.710. The van der Waals surface area contributed by atoms with E-state index < -0.39 is 23.9 Å². The lowest BCUT2D eigenvalue weighted by molar-refractivity contribution is -0.0449. The Labute approximate surface area is 249 Å². The molecule has 4 rings (SSSR count). The average molecular weight is 580 g/mol. The van der Waals surface area contributed by atoms with E-state index >= 15 is 0 Å². The molecule has 0 saturated carbocycles. The van der Waals surface area contributed by atoms with Gasteiger partial charge < -0.3 is 40.2 Å². The first-order valence-electron chi connectivity index (χ1n) is 14.8. The highest BCUT2D eigenvalue weighted by Crippen LogP contribution is 2.29. The van der Waals surface area contributed by atoms with Crippen LogP contribution in [0, 0.1) is 0 Å². The van der Waals surface area contributed by atoms with Crippen molar-refractivity contribution in [3.8, 4) is 17.2 Å². The maximum absolute atomic E-state index is 11.3. The zero-order chi connectivity index (χ0) is 29.5. The maximum atomic E-state index is 11.3. The molecule has 1 heterocycles. The van der Waals surface area contributed by atoms with Gasteiger partial charge in [0.05, 0.1) is 12.2 Å². The van der Waals surface area contributed by atoms with Crippen LogP contribution in [-0.2, 0) is 0 Å². The van der Waals surface area contributed by atoms with E-state index in [1.165, 1.54) is 0 Å². The number of nitrogens with zero attached hydrogens (tertiary/aromatic N) is 1. The Morgan fingerprint density at radius 1 is 0.595 bits per heavy atom. The Bertz CT molecular complexity index is 1070. The highest BCUT2D eigenvalue weighted by atomic mass is 16.5. The minimum Gasteiger partial charge on any atom is -0.491 e. The van der Waals surface area contributed by atoms with Gasteiger partial charge in [-0.25, -0.2) is 0 Å². The maximum Gasteiger partial charge on any atom is 0.119 e. The Balaban J connectivity index is 1.51. The molecule has 42 heavy (non-hydrogen) atoms. The summed E-state index contributed by atoms with van der Waals surface area (Å²) >= 11 is 0. The molecule has 0 aromatic heterocycles. The number of β-amino-alcohol motifs (C(OH)–C–C–N with tert-alkyl or cyclic N) is 1. The van der Waals surface area contributed by atoms with Crippen LogP contribution in [-0.4, -0.2) is 103 Å². The smallest absolute Gasteiger partial charge is 0.119 e. The molecule has 9 heteroatoms. The lowest BCUT2D eigenvalue weighted by atomic mass is 9.83. The van der Waals surface area contributed by atoms with Crippen LogP contribution in [0.5, 0.6) is 17.2 Å². The molecule has 0 amide bonds. The van der Waals surface area contributed by atoms with Crippen molar-refractivity contribution >= 4 is 0 Å². The van der Waals surface area contributed by atoms with Gasteiger partial charge in [0.25, 0.3) is 0 Å². The van der Waals surface area contributed by atoms with Crippen molar-refractivity contribution in [2.75, 3.05) is 59.1 Å². The zero-order valence-corrected chi connectivity index (χ0v) is 24.2. The Morgan fingerprint density at radius 3 is 1.50 bits per heavy atom. The van der Waals surface area contributed by atoms with Gasteiger partial charge in [-0.3, -0.25) is 4.90 Å². The number of ether oxygens (including phenoxy) is 3. The van der Waals surface area contributed by atoms with Crippen LogP contribution >= 0.6 is 0 Å². The minimum atomic E-state index is -0.817. The van der Waals surface area contributed by atoms with E-state index in [4.69, 9.17) is 14.2 Å². The molecule has 3 atom stereocenters. The first-order valence-corrected chi connectivity index (χ1v) is 14.8. The van der Waals surface area contributed by atoms with Crippen molar-refractivity contribution in [3.05, 3.63) is 91.0 Å². The van der Waals surface area contributed by atoms with Crippen LogP contribution in [0.2, 0.25) is 0 Å². The SMILES string of the molecule is OC(COc1ccccc1)CN1CCNCCNCC1(CC(O)COc1ccccc1)CC(O)COc1ccccc1. The molecule has 1 fully saturated rings. The molecule has 0 radical (unpaired) electrons. The van der Waals surface area contributed by atoms with Gasteiger partial charge in [-0.05, 0) is 49.2 Å². The summed E-state index contributed by atoms with van der Waals surface area (Å²) in [4.78, 5) is 2.18. The van der Waals surface area contributed by atoms with Crippen LogP contribution < -0.4 is 24.8 Å². The fraction of sp³-hybridized carbons (Fsp3) is 0.455. The molecule has 5 N–H and O–H groups in total. The van der Waals surface area contributed by atoms with E-state index in [1.807, 2.05) is 91.0 Å². The van der Waals surface area contributed by atoms with Crippen molar-refractivity contribution in [2.24, 2.45) is 0 Å². The molecular formula is C33H45N3O6. The Hall–Kier alpha value is -3.18. The number of rotatable bonds is 15. The van der Waals surface area contributed by atoms with Crippen LogP contribution in [0.1, 0.15) is 12.8 Å². The predicted octanol–water partition coefficient (Wildman–Crippen LogP) is 2.32. The van der Waals surface area contributed by atoms with Crippen LogP contribution in [0.4, 0.5) is 0 Å². The third-order valence-electron chi connectivity index (χ3n) is 7.38. The van der Waals surface area contributed by atoms with E-state index in [-0.39, 0.29) is 19.8 Å². The summed E-state index contributed by atoms with van der Waals surface area (Å²) in [5.74, 6) is 2.06. The van der Waals surface area contributed by atoms with Crippen molar-refractivity contribution in [1.82, 2.24) is 15.5 Å². The summed E-state index contributed by atoms with van der Waals surface area (Å²) in [7, 11) is 0. The van der Waals surface area contributed by atoms with Gasteiger partial charge in [-0.2, -0.15) is 0 Å². The van der Waals surface area contributed by atoms with Crippen LogP contribution in [0.15, 0.2) is 91.0 Å². The molecule has 3 aromatic rings. The summed E-state index contributed by atoms with van der Waals surface area (Å²) in [6.45, 7) is 3.98. The van der Waals surface area contributed by atoms with Crippen molar-refractivity contribution in [3.63, 3.8) is 0 Å². The van der Waals surface area contributed by atoms with Crippen molar-refractivity contribution in [1.29, 1.82) is 0 Å². The third kappa shape index (κ3) is 10.6. The van der Waals surface area contributed by atoms with Crippen molar-refractivity contribution < 1.29 is 29.5 Å². The molecule has 0 spiro atoms. The van der Waals surface area contributed by atoms with Crippen LogP contribution in [0.25, 0.3) is 0 Å². The number of aliphatic hydroxyl groups excluding tert-OH is 3. The summed E-state index contributed by atoms with van der Waals surface area (Å²) < 4.78 is 17.6. The number of hydrogen-bond acceptors (Lipinski definition) is 9. The summed E-state index contributed by atoms with van der Waals surface area (Å²) in [6.07, 6.45) is -1.78. The summed E-state index contributed by atoms with van der Waals surface area (Å²) in [6, 6.07) is 28.2. The quantitative estimate of drug-likeness (QED) is 0.185. The second kappa shape index (κ2) is 17.1. The average Bonchev–Trinajstić information content (AvgIpc) is 3.10. The minimum absolute atomic E-state index is 0.105. The second-order valence-electron chi connectivity index (χ2n) is 10.8. The summed E-state index contributed by atoms with van der Waals surface area (Å²) in [5, 5.41) is 40.6. The molecule has 3 unspecified atom stereocenters. The van der Waals surface area contributed by atoms with E-state index in [1.54, 1.807) is 0 Å². The molecule has 0 aliphatic carbocycles. The fourth-order valence-electron chi connectivity index (χ4n) is 5.39. The highest BCUT2D eigenvalue weighted by Gasteiger charge is 2.41. The van der Waals surface area contributed by atoms with Gasteiger partial charge in [0, 0.05) is 44.8 Å². The molecule has 0 bridgehead atoms. The molecule has 1 aliphatic rings. The first kappa shape index (κ1) is 31.7. The number of aliphatic hydroxyl groups is 3. The number of hydrogen-bond donors (Lipinski definition) is 5. The third-order valence-corrected chi connectivity index (χ3v) is 7.38. The Kier molecular flexibility index (Phi) is 12.9. The van der Waals surface area contributed by atoms with Gasteiger partial charge in [0.15, 0.2) is 0 Å². The lowest BCUT2D eigenvalue weighted by Gasteiger charge is -2.47. The zero-order valence-electron chi connectivity index (χ0n) is 24.2. The monoisotopic (exact) mass is 579 g/mol. The largest absolute Gasteiger partial charge is 0.491 e. The van der Waals surface area contributed by atoms with Crippen molar-refractivity contribution in [2.45, 2.75) is 36.7 Å². The molecule has 3 aromatic carbocycles. The topological polar surface area (TPSA) is 116 Å². The van der Waals surface area contributed by atoms with Gasteiger partial charge in [-0.15, -0.1) is 0 Å². The molecule has 1 saturated heterocycles. The van der Waals surface area contributed by atoms with E-state index in [0.717, 1.165) is 13.1 Å². The first-order chi connectivity index (χ1) is 20.5. The van der Waals surface area contributed by atoms with E-state index in [2.05, 4.69) is 15.5 Å². The normalized spacial score (nSPS) is 20.4. The van der Waals surface area contributed by atoms with E-state index in [0.29, 0.717) is 56.3 Å². The lowest BCUT2D eigenvalue weighted by Crippen LogP contribution is -2.61. The molecular weight excluding hydrogens is 534 g/mol. The highest BCUT2D eigenvalue weighted by molar-refractivity contribution is 5.22. The number of nitrogens with one attached hydrogen (secondary N) is 2. The van der Waals surface area contributed by atoms with Gasteiger partial charge in [-0.1, -0.05) is 54.6 Å². The molecule has 9 nitrogen and oxygen atoms in total. The Morgan fingerprint density at radius 2 is 1.02 bits per heavy atom. The predicted molar refractivity (Wildman–Crippen MR) is 163 cm³/mol. The molecule has 228 valence electrons. The number of benzene rings is 3. The van der Waals surface area contributed by atoms with Gasteiger partial charge >= 0.3 is 0 Å². The van der Waals surface area contributed by atoms with Gasteiger partial charge in [0.1, 0.15) is 43.2 Å². The second-order valence-corrected chi connectivity index (χ2v) is 10.8. The van der Waals surface area contributed by atoms with E-state index in [9.17, 15) is 15.3 Å². The van der Waals surface area contributed by atoms with Crippen LogP contribution in [0.3, 0.4) is 0 Å². The fourth-order valence-corrected chi connectivity index (χ4v) is 5.39. The molecule has 1 aliphatic heterocycles. The van der Waals surface area contributed by atoms with Gasteiger partial charge in [0.2, 0.25) is 0 Å². The number of para-hydroxylation sites is 3. The standard InChI is InChI=1S/C33H45N3O6/c37-27(23-40-30-10-4-1-5-11-30)20-33(21-28(38)24-41-31-12-6-2-7-13-31)26-35-17-16-34-18-19-36(33)22-29(39)25-42-32-14-8-3-9-15-32/h1-15,27-29,34-35,37-39H,16-26H2.